The summed E-state index contributed by atoms with van der Waals surface area (Å²) in [6, 6.07) is 5.52. The van der Waals surface area contributed by atoms with Crippen LogP contribution in [0, 0.1) is 26.6 Å². The van der Waals surface area contributed by atoms with Crippen LogP contribution in [-0.2, 0) is 4.74 Å². The Kier molecular flexibility index (Phi) is 6.34. The third-order valence-corrected chi connectivity index (χ3v) is 5.45. The van der Waals surface area contributed by atoms with Gasteiger partial charge in [0.25, 0.3) is 0 Å². The number of nitrogens with one attached hydrogen (secondary N) is 1. The van der Waals surface area contributed by atoms with Gasteiger partial charge in [0, 0.05) is 24.8 Å². The second kappa shape index (κ2) is 8.62. The van der Waals surface area contributed by atoms with Crippen molar-refractivity contribution in [1.29, 1.82) is 0 Å². The van der Waals surface area contributed by atoms with Crippen LogP contribution in [0.25, 0.3) is 0 Å². The van der Waals surface area contributed by atoms with Gasteiger partial charge in [0.05, 0.1) is 11.8 Å². The summed E-state index contributed by atoms with van der Waals surface area (Å²) >= 11 is 0. The summed E-state index contributed by atoms with van der Waals surface area (Å²) in [6.45, 7) is 13.3. The van der Waals surface area contributed by atoms with Crippen molar-refractivity contribution in [3.05, 3.63) is 52.5 Å². The van der Waals surface area contributed by atoms with Crippen molar-refractivity contribution < 1.29 is 13.9 Å². The fourth-order valence-electron chi connectivity index (χ4n) is 4.06. The molecule has 1 aromatic heterocycles. The van der Waals surface area contributed by atoms with Gasteiger partial charge in [-0.2, -0.15) is 0 Å². The first kappa shape index (κ1) is 22.1. The molecule has 0 radical (unpaired) electrons. The maximum atomic E-state index is 13.1. The number of aryl methyl sites for hydroxylation is 2. The fourth-order valence-corrected chi connectivity index (χ4v) is 4.06. The third-order valence-electron chi connectivity index (χ3n) is 5.45. The predicted octanol–water partition coefficient (Wildman–Crippen LogP) is 5.18. The molecule has 3 rings (SSSR count). The van der Waals surface area contributed by atoms with Crippen LogP contribution in [0.3, 0.4) is 0 Å². The number of halogens is 1. The molecule has 1 N–H and O–H groups in total. The zero-order chi connectivity index (χ0) is 22.1. The zero-order valence-electron chi connectivity index (χ0n) is 18.8. The number of esters is 1. The first-order valence-corrected chi connectivity index (χ1v) is 10.5. The lowest BCUT2D eigenvalue weighted by atomic mass is 9.95. The largest absolute Gasteiger partial charge is 0.456 e. The van der Waals surface area contributed by atoms with E-state index in [9.17, 15) is 9.18 Å². The molecule has 2 heterocycles. The molecule has 1 fully saturated rings. The average molecular weight is 414 g/mol. The number of nitrogens with zero attached hydrogens (tertiary/aromatic N) is 2. The van der Waals surface area contributed by atoms with E-state index in [2.05, 4.69) is 22.1 Å². The Labute approximate surface area is 178 Å². The van der Waals surface area contributed by atoms with Crippen LogP contribution in [0.2, 0.25) is 0 Å². The van der Waals surface area contributed by atoms with E-state index in [1.165, 1.54) is 12.3 Å². The molecule has 0 unspecified atom stereocenters. The van der Waals surface area contributed by atoms with Gasteiger partial charge >= 0.3 is 5.97 Å². The number of ether oxygens (including phenoxy) is 1. The van der Waals surface area contributed by atoms with Crippen molar-refractivity contribution in [2.24, 2.45) is 0 Å². The lowest BCUT2D eigenvalue weighted by Gasteiger charge is -2.34. The maximum Gasteiger partial charge on any atom is 0.339 e. The lowest BCUT2D eigenvalue weighted by molar-refractivity contribution is 0.00680. The van der Waals surface area contributed by atoms with Crippen LogP contribution in [0.1, 0.15) is 60.7 Å². The molecule has 0 aliphatic carbocycles. The number of piperidine rings is 1. The van der Waals surface area contributed by atoms with Crippen molar-refractivity contribution >= 4 is 17.5 Å². The molecular formula is C24H32FN3O2. The number of carbonyl (C=O) groups excluding carboxylic acids is 1. The van der Waals surface area contributed by atoms with Crippen molar-refractivity contribution in [1.82, 2.24) is 4.98 Å². The maximum absolute atomic E-state index is 13.1. The quantitative estimate of drug-likeness (QED) is 0.700. The Bertz CT molecular complexity index is 912. The number of rotatable bonds is 4. The van der Waals surface area contributed by atoms with Crippen LogP contribution < -0.4 is 10.2 Å². The minimum Gasteiger partial charge on any atom is -0.456 e. The van der Waals surface area contributed by atoms with Gasteiger partial charge in [0.2, 0.25) is 0 Å². The van der Waals surface area contributed by atoms with Gasteiger partial charge in [-0.05, 0) is 83.2 Å². The first-order chi connectivity index (χ1) is 14.0. The summed E-state index contributed by atoms with van der Waals surface area (Å²) in [5.74, 6) is 0.212. The second-order valence-corrected chi connectivity index (χ2v) is 9.13. The molecule has 162 valence electrons. The minimum atomic E-state index is -0.532. The van der Waals surface area contributed by atoms with Crippen LogP contribution in [0.5, 0.6) is 0 Å². The topological polar surface area (TPSA) is 54.5 Å². The van der Waals surface area contributed by atoms with Crippen molar-refractivity contribution in [2.75, 3.05) is 23.3 Å². The molecule has 0 spiro atoms. The first-order valence-electron chi connectivity index (χ1n) is 10.5. The third kappa shape index (κ3) is 5.10. The lowest BCUT2D eigenvalue weighted by Crippen LogP contribution is -2.39. The zero-order valence-corrected chi connectivity index (χ0v) is 18.8. The molecular weight excluding hydrogens is 381 g/mol. The number of hydrogen-bond donors (Lipinski definition) is 1. The summed E-state index contributed by atoms with van der Waals surface area (Å²) in [6.07, 6.45) is 3.14. The van der Waals surface area contributed by atoms with Gasteiger partial charge in [-0.25, -0.2) is 14.2 Å². The Hall–Kier alpha value is -2.63. The van der Waals surface area contributed by atoms with Crippen LogP contribution >= 0.6 is 0 Å². The summed E-state index contributed by atoms with van der Waals surface area (Å²) in [5, 5.41) is 3.67. The normalized spacial score (nSPS) is 15.2. The van der Waals surface area contributed by atoms with Gasteiger partial charge in [-0.15, -0.1) is 0 Å². The number of carbonyl (C=O) groups is 1. The Balaban J connectivity index is 1.73. The SMILES string of the molecule is Cc1cc(C)c(C(=O)OC(C)(C)C)c(C)c1NC1CCN(c2ccc(F)cn2)CC1. The molecule has 1 saturated heterocycles. The number of benzene rings is 1. The average Bonchev–Trinajstić information content (AvgIpc) is 2.65. The molecule has 1 aliphatic heterocycles. The Morgan fingerprint density at radius 3 is 2.40 bits per heavy atom. The van der Waals surface area contributed by atoms with Crippen molar-refractivity contribution in [3.63, 3.8) is 0 Å². The van der Waals surface area contributed by atoms with Gasteiger partial charge in [0.15, 0.2) is 0 Å². The molecule has 5 nitrogen and oxygen atoms in total. The number of anilines is 2. The fraction of sp³-hybridized carbons (Fsp3) is 0.500. The number of aromatic nitrogens is 1. The molecule has 0 bridgehead atoms. The van der Waals surface area contributed by atoms with E-state index >= 15 is 0 Å². The molecule has 0 atom stereocenters. The Morgan fingerprint density at radius 1 is 1.17 bits per heavy atom. The van der Waals surface area contributed by atoms with Gasteiger partial charge in [-0.3, -0.25) is 0 Å². The highest BCUT2D eigenvalue weighted by molar-refractivity contribution is 5.95. The molecule has 1 aliphatic rings. The monoisotopic (exact) mass is 413 g/mol. The minimum absolute atomic E-state index is 0.280. The van der Waals surface area contributed by atoms with Gasteiger partial charge in [0.1, 0.15) is 17.2 Å². The standard InChI is InChI=1S/C24H32FN3O2/c1-15-13-16(2)22(17(3)21(15)23(29)30-24(4,5)6)27-19-9-11-28(12-10-19)20-8-7-18(25)14-26-20/h7-8,13-14,19,27H,9-12H2,1-6H3. The summed E-state index contributed by atoms with van der Waals surface area (Å²) < 4.78 is 18.8. The summed E-state index contributed by atoms with van der Waals surface area (Å²) in [5.41, 5.74) is 4.12. The van der Waals surface area contributed by atoms with E-state index < -0.39 is 5.60 Å². The Morgan fingerprint density at radius 2 is 1.83 bits per heavy atom. The van der Waals surface area contributed by atoms with Crippen LogP contribution in [0.15, 0.2) is 24.4 Å². The van der Waals surface area contributed by atoms with Gasteiger partial charge < -0.3 is 15.0 Å². The molecule has 0 saturated carbocycles. The smallest absolute Gasteiger partial charge is 0.339 e. The highest BCUT2D eigenvalue weighted by Crippen LogP contribution is 2.31. The molecule has 2 aromatic rings. The van der Waals surface area contributed by atoms with Gasteiger partial charge in [-0.1, -0.05) is 6.07 Å². The van der Waals surface area contributed by atoms with Crippen molar-refractivity contribution in [3.8, 4) is 0 Å². The molecule has 30 heavy (non-hydrogen) atoms. The van der Waals surface area contributed by atoms with E-state index in [4.69, 9.17) is 4.74 Å². The highest BCUT2D eigenvalue weighted by Gasteiger charge is 2.25. The molecule has 0 amide bonds. The van der Waals surface area contributed by atoms with Crippen molar-refractivity contribution in [2.45, 2.75) is 66.0 Å². The summed E-state index contributed by atoms with van der Waals surface area (Å²) in [4.78, 5) is 19.2. The predicted molar refractivity (Wildman–Crippen MR) is 119 cm³/mol. The van der Waals surface area contributed by atoms with Crippen LogP contribution in [0.4, 0.5) is 15.9 Å². The van der Waals surface area contributed by atoms with E-state index in [0.717, 1.165) is 54.1 Å². The molecule has 1 aromatic carbocycles. The van der Waals surface area contributed by atoms with E-state index in [0.29, 0.717) is 11.6 Å². The molecule has 6 heteroatoms. The highest BCUT2D eigenvalue weighted by atomic mass is 19.1. The van der Waals surface area contributed by atoms with E-state index in [1.807, 2.05) is 40.7 Å². The van der Waals surface area contributed by atoms with Crippen LogP contribution in [-0.4, -0.2) is 35.7 Å². The number of pyridine rings is 1. The van der Waals surface area contributed by atoms with E-state index in [-0.39, 0.29) is 11.8 Å². The number of hydrogen-bond acceptors (Lipinski definition) is 5. The van der Waals surface area contributed by atoms with E-state index in [1.54, 1.807) is 6.07 Å². The second-order valence-electron chi connectivity index (χ2n) is 9.13. The summed E-state index contributed by atoms with van der Waals surface area (Å²) in [7, 11) is 0.